The van der Waals surface area contributed by atoms with E-state index in [0.717, 1.165) is 57.4 Å². The molecule has 130 valence electrons. The van der Waals surface area contributed by atoms with E-state index >= 15 is 0 Å². The fourth-order valence-electron chi connectivity index (χ4n) is 3.19. The molecule has 0 aliphatic carbocycles. The van der Waals surface area contributed by atoms with Crippen LogP contribution in [0.4, 0.5) is 0 Å². The number of aromatic nitrogens is 1. The molecule has 1 aliphatic heterocycles. The highest BCUT2D eigenvalue weighted by molar-refractivity contribution is 5.20. The Labute approximate surface area is 139 Å². The van der Waals surface area contributed by atoms with Crippen molar-refractivity contribution in [2.24, 2.45) is 5.92 Å². The lowest BCUT2D eigenvalue weighted by Crippen LogP contribution is -2.34. The molecule has 1 aliphatic rings. The molecule has 1 aromatic heterocycles. The van der Waals surface area contributed by atoms with E-state index in [9.17, 15) is 9.90 Å². The molecule has 1 N–H and O–H groups in total. The predicted octanol–water partition coefficient (Wildman–Crippen LogP) is 2.13. The summed E-state index contributed by atoms with van der Waals surface area (Å²) >= 11 is 0. The van der Waals surface area contributed by atoms with Crippen LogP contribution >= 0.6 is 0 Å². The van der Waals surface area contributed by atoms with Crippen LogP contribution in [0, 0.1) is 5.92 Å². The van der Waals surface area contributed by atoms with Gasteiger partial charge in [-0.2, -0.15) is 0 Å². The molecule has 1 fully saturated rings. The summed E-state index contributed by atoms with van der Waals surface area (Å²) in [7, 11) is 0. The summed E-state index contributed by atoms with van der Waals surface area (Å²) < 4.78 is 2.05. The first kappa shape index (κ1) is 18.0. The monoisotopic (exact) mass is 321 g/mol. The van der Waals surface area contributed by atoms with Crippen molar-refractivity contribution in [1.82, 2.24) is 14.4 Å². The number of aromatic hydroxyl groups is 1. The molecule has 5 heteroatoms. The van der Waals surface area contributed by atoms with E-state index in [-0.39, 0.29) is 11.2 Å². The second-order valence-corrected chi connectivity index (χ2v) is 6.69. The molecule has 2 rings (SSSR count). The Morgan fingerprint density at radius 2 is 1.91 bits per heavy atom. The molecule has 1 saturated heterocycles. The van der Waals surface area contributed by atoms with Crippen molar-refractivity contribution in [2.75, 3.05) is 32.7 Å². The smallest absolute Gasteiger partial charge is 0.223 e. The third kappa shape index (κ3) is 5.08. The Kier molecular flexibility index (Phi) is 6.66. The Morgan fingerprint density at radius 3 is 2.52 bits per heavy atom. The lowest BCUT2D eigenvalue weighted by molar-refractivity contribution is 0.180. The third-order valence-corrected chi connectivity index (χ3v) is 5.01. The molecular formula is C18H31N3O2. The van der Waals surface area contributed by atoms with Gasteiger partial charge < -0.3 is 14.6 Å². The lowest BCUT2D eigenvalue weighted by atomic mass is 9.99. The maximum Gasteiger partial charge on any atom is 0.223 e. The molecule has 0 atom stereocenters. The van der Waals surface area contributed by atoms with Gasteiger partial charge in [0.25, 0.3) is 0 Å². The van der Waals surface area contributed by atoms with Crippen molar-refractivity contribution >= 4 is 0 Å². The summed E-state index contributed by atoms with van der Waals surface area (Å²) in [6, 6.07) is 1.61. The number of pyridine rings is 1. The number of likely N-dealkylation sites (N-methyl/N-ethyl adjacent to an activating group) is 1. The molecule has 0 aromatic carbocycles. The molecule has 0 unspecified atom stereocenters. The molecule has 0 bridgehead atoms. The van der Waals surface area contributed by atoms with Crippen LogP contribution in [0.3, 0.4) is 0 Å². The Balaban J connectivity index is 2.10. The van der Waals surface area contributed by atoms with Gasteiger partial charge in [-0.05, 0) is 44.9 Å². The van der Waals surface area contributed by atoms with E-state index in [0.29, 0.717) is 0 Å². The number of nitrogens with zero attached hydrogens (tertiary/aromatic N) is 3. The molecule has 0 saturated carbocycles. The average molecular weight is 321 g/mol. The van der Waals surface area contributed by atoms with Gasteiger partial charge in [0, 0.05) is 31.4 Å². The van der Waals surface area contributed by atoms with Gasteiger partial charge >= 0.3 is 0 Å². The van der Waals surface area contributed by atoms with Gasteiger partial charge in [-0.25, -0.2) is 0 Å². The maximum absolute atomic E-state index is 11.8. The van der Waals surface area contributed by atoms with Crippen LogP contribution in [0.1, 0.15) is 39.3 Å². The Morgan fingerprint density at radius 1 is 1.26 bits per heavy atom. The Bertz CT molecular complexity index is 544. The van der Waals surface area contributed by atoms with Crippen LogP contribution in [0.5, 0.6) is 5.75 Å². The molecular weight excluding hydrogens is 290 g/mol. The van der Waals surface area contributed by atoms with Crippen LogP contribution in [-0.2, 0) is 13.1 Å². The highest BCUT2D eigenvalue weighted by Crippen LogP contribution is 2.18. The number of hydrogen-bond acceptors (Lipinski definition) is 4. The van der Waals surface area contributed by atoms with E-state index in [4.69, 9.17) is 0 Å². The number of likely N-dealkylation sites (tertiary alicyclic amines) is 1. The molecule has 5 nitrogen and oxygen atoms in total. The van der Waals surface area contributed by atoms with Crippen molar-refractivity contribution in [2.45, 2.75) is 46.7 Å². The predicted molar refractivity (Wildman–Crippen MR) is 93.8 cm³/mol. The summed E-state index contributed by atoms with van der Waals surface area (Å²) in [6.07, 6.45) is 4.05. The second kappa shape index (κ2) is 8.50. The zero-order valence-corrected chi connectivity index (χ0v) is 14.8. The largest absolute Gasteiger partial charge is 0.503 e. The number of hydrogen-bond donors (Lipinski definition) is 1. The van der Waals surface area contributed by atoms with E-state index < -0.39 is 0 Å². The van der Waals surface area contributed by atoms with E-state index in [1.165, 1.54) is 12.8 Å². The number of piperidine rings is 1. The van der Waals surface area contributed by atoms with E-state index in [1.54, 1.807) is 12.3 Å². The van der Waals surface area contributed by atoms with Gasteiger partial charge in [-0.15, -0.1) is 0 Å². The van der Waals surface area contributed by atoms with Crippen molar-refractivity contribution in [3.63, 3.8) is 0 Å². The first-order valence-corrected chi connectivity index (χ1v) is 8.90. The molecule has 23 heavy (non-hydrogen) atoms. The molecule has 0 radical (unpaired) electrons. The standard InChI is InChI=1S/C18H31N3O2/c1-4-19(5-2)10-11-21-14-18(23)17(22)12-16(21)13-20-8-6-15(3)7-9-20/h12,14-15,23H,4-11,13H2,1-3H3. The van der Waals surface area contributed by atoms with Gasteiger partial charge in [-0.1, -0.05) is 20.8 Å². The summed E-state index contributed by atoms with van der Waals surface area (Å²) in [5.74, 6) is 0.650. The van der Waals surface area contributed by atoms with Gasteiger partial charge in [0.15, 0.2) is 5.75 Å². The fraction of sp³-hybridized carbons (Fsp3) is 0.722. The van der Waals surface area contributed by atoms with Crippen LogP contribution in [-0.4, -0.2) is 52.2 Å². The van der Waals surface area contributed by atoms with Gasteiger partial charge in [0.1, 0.15) is 0 Å². The summed E-state index contributed by atoms with van der Waals surface area (Å²) in [6.45, 7) is 13.3. The molecule has 1 aromatic rings. The first-order valence-electron chi connectivity index (χ1n) is 8.90. The highest BCUT2D eigenvalue weighted by atomic mass is 16.3. The van der Waals surface area contributed by atoms with Crippen molar-refractivity contribution in [1.29, 1.82) is 0 Å². The summed E-state index contributed by atoms with van der Waals surface area (Å²) in [4.78, 5) is 16.6. The van der Waals surface area contributed by atoms with E-state index in [1.807, 2.05) is 4.57 Å². The van der Waals surface area contributed by atoms with Crippen molar-refractivity contribution in [3.8, 4) is 5.75 Å². The summed E-state index contributed by atoms with van der Waals surface area (Å²) in [5, 5.41) is 9.78. The Hall–Kier alpha value is -1.33. The van der Waals surface area contributed by atoms with E-state index in [2.05, 4.69) is 30.6 Å². The molecule has 0 spiro atoms. The third-order valence-electron chi connectivity index (χ3n) is 5.01. The highest BCUT2D eigenvalue weighted by Gasteiger charge is 2.17. The second-order valence-electron chi connectivity index (χ2n) is 6.69. The topological polar surface area (TPSA) is 48.7 Å². The van der Waals surface area contributed by atoms with Crippen LogP contribution in [0.15, 0.2) is 17.1 Å². The van der Waals surface area contributed by atoms with Gasteiger partial charge in [0.05, 0.1) is 6.20 Å². The quantitative estimate of drug-likeness (QED) is 0.836. The minimum atomic E-state index is -0.274. The number of rotatable bonds is 7. The minimum Gasteiger partial charge on any atom is -0.503 e. The summed E-state index contributed by atoms with van der Waals surface area (Å²) in [5.41, 5.74) is 0.735. The van der Waals surface area contributed by atoms with Gasteiger partial charge in [-0.3, -0.25) is 9.69 Å². The zero-order chi connectivity index (χ0) is 16.8. The van der Waals surface area contributed by atoms with Gasteiger partial charge in [0.2, 0.25) is 5.43 Å². The normalized spacial score (nSPS) is 17.0. The molecule has 2 heterocycles. The SMILES string of the molecule is CCN(CC)CCn1cc(O)c(=O)cc1CN1CCC(C)CC1. The van der Waals surface area contributed by atoms with Crippen molar-refractivity contribution < 1.29 is 5.11 Å². The van der Waals surface area contributed by atoms with Crippen LogP contribution < -0.4 is 5.43 Å². The first-order chi connectivity index (χ1) is 11.0. The van der Waals surface area contributed by atoms with Crippen LogP contribution in [0.25, 0.3) is 0 Å². The maximum atomic E-state index is 11.8. The zero-order valence-electron chi connectivity index (χ0n) is 14.8. The van der Waals surface area contributed by atoms with Crippen molar-refractivity contribution in [3.05, 3.63) is 28.2 Å². The lowest BCUT2D eigenvalue weighted by Gasteiger charge is -2.31. The fourth-order valence-corrected chi connectivity index (χ4v) is 3.19. The average Bonchev–Trinajstić information content (AvgIpc) is 2.54. The molecule has 0 amide bonds. The minimum absolute atomic E-state index is 0.152. The van der Waals surface area contributed by atoms with Crippen LogP contribution in [0.2, 0.25) is 0 Å².